The second kappa shape index (κ2) is 5.45. The highest BCUT2D eigenvalue weighted by Crippen LogP contribution is 2.53. The molecule has 1 heteroatoms. The van der Waals surface area contributed by atoms with Gasteiger partial charge in [-0.3, -0.25) is 0 Å². The highest BCUT2D eigenvalue weighted by molar-refractivity contribution is 6.33. The normalized spacial score (nSPS) is 11.9. The quantitative estimate of drug-likeness (QED) is 0.260. The largest absolute Gasteiger partial charge is 0.0843 e. The molecule has 0 heterocycles. The van der Waals surface area contributed by atoms with Crippen LogP contribution in [0.25, 0.3) is 54.9 Å². The molecule has 0 saturated carbocycles. The molecule has 1 aliphatic carbocycles. The van der Waals surface area contributed by atoms with Crippen LogP contribution in [0, 0.1) is 0 Å². The Morgan fingerprint density at radius 2 is 1.30 bits per heavy atom. The maximum absolute atomic E-state index is 6.39. The van der Waals surface area contributed by atoms with Crippen LogP contribution >= 0.6 is 11.6 Å². The smallest absolute Gasteiger partial charge is 0.0412 e. The minimum atomic E-state index is 0.779. The Labute approximate surface area is 162 Å². The molecule has 5 aromatic carbocycles. The van der Waals surface area contributed by atoms with E-state index in [9.17, 15) is 0 Å². The molecule has 0 aromatic heterocycles. The lowest BCUT2D eigenvalue weighted by atomic mass is 9.76. The highest BCUT2D eigenvalue weighted by Gasteiger charge is 2.26. The van der Waals surface area contributed by atoms with Crippen molar-refractivity contribution in [1.82, 2.24) is 0 Å². The van der Waals surface area contributed by atoms with E-state index in [0.717, 1.165) is 5.02 Å². The Kier molecular flexibility index (Phi) is 3.03. The van der Waals surface area contributed by atoms with Gasteiger partial charge in [0, 0.05) is 5.02 Å². The van der Waals surface area contributed by atoms with Gasteiger partial charge in [-0.25, -0.2) is 0 Å². The van der Waals surface area contributed by atoms with Gasteiger partial charge in [-0.05, 0) is 73.1 Å². The summed E-state index contributed by atoms with van der Waals surface area (Å²) in [5.74, 6) is 0. The van der Waals surface area contributed by atoms with E-state index < -0.39 is 0 Å². The van der Waals surface area contributed by atoms with Gasteiger partial charge >= 0.3 is 0 Å². The summed E-state index contributed by atoms with van der Waals surface area (Å²) in [6.07, 6.45) is 0. The third-order valence-electron chi connectivity index (χ3n) is 5.65. The SMILES string of the molecule is Clc1ccc2cc(-c3ccccc3)c3ccc4c(c3c2c1)-c1ccccc1-4. The van der Waals surface area contributed by atoms with Gasteiger partial charge in [-0.1, -0.05) is 84.4 Å². The first-order valence-corrected chi connectivity index (χ1v) is 9.53. The van der Waals surface area contributed by atoms with Crippen molar-refractivity contribution in [1.29, 1.82) is 0 Å². The second-order valence-electron chi connectivity index (χ2n) is 7.11. The number of benzene rings is 5. The van der Waals surface area contributed by atoms with Crippen molar-refractivity contribution in [3.05, 3.63) is 96.0 Å². The molecule has 0 unspecified atom stereocenters. The Balaban J connectivity index is 1.82. The third kappa shape index (κ3) is 2.05. The van der Waals surface area contributed by atoms with Crippen molar-refractivity contribution in [2.75, 3.05) is 0 Å². The molecule has 0 aliphatic heterocycles. The zero-order chi connectivity index (χ0) is 18.0. The van der Waals surface area contributed by atoms with Crippen LogP contribution in [-0.4, -0.2) is 0 Å². The van der Waals surface area contributed by atoms with E-state index in [2.05, 4.69) is 84.9 Å². The van der Waals surface area contributed by atoms with Crippen LogP contribution < -0.4 is 0 Å². The number of fused-ring (bicyclic) bond motifs is 8. The molecule has 5 aromatic rings. The number of hydrogen-bond donors (Lipinski definition) is 0. The summed E-state index contributed by atoms with van der Waals surface area (Å²) >= 11 is 6.39. The van der Waals surface area contributed by atoms with Crippen molar-refractivity contribution in [3.63, 3.8) is 0 Å². The summed E-state index contributed by atoms with van der Waals surface area (Å²) in [5.41, 5.74) is 7.89. The molecule has 1 aliphatic rings. The first-order chi connectivity index (χ1) is 13.3. The fraction of sp³-hybridized carbons (Fsp3) is 0. The van der Waals surface area contributed by atoms with E-state index >= 15 is 0 Å². The lowest BCUT2D eigenvalue weighted by Crippen LogP contribution is -2.00. The van der Waals surface area contributed by atoms with E-state index in [4.69, 9.17) is 11.6 Å². The molecule has 0 fully saturated rings. The molecule has 0 amide bonds. The number of halogens is 1. The monoisotopic (exact) mass is 362 g/mol. The zero-order valence-corrected chi connectivity index (χ0v) is 15.3. The van der Waals surface area contributed by atoms with Gasteiger partial charge in [0.25, 0.3) is 0 Å². The number of rotatable bonds is 1. The summed E-state index contributed by atoms with van der Waals surface area (Å²) in [6.45, 7) is 0. The first-order valence-electron chi connectivity index (χ1n) is 9.15. The average Bonchev–Trinajstić information content (AvgIpc) is 2.71. The van der Waals surface area contributed by atoms with Crippen LogP contribution in [0.4, 0.5) is 0 Å². The van der Waals surface area contributed by atoms with Crippen LogP contribution in [0.15, 0.2) is 91.0 Å². The Morgan fingerprint density at radius 3 is 2.15 bits per heavy atom. The van der Waals surface area contributed by atoms with Crippen molar-refractivity contribution < 1.29 is 0 Å². The van der Waals surface area contributed by atoms with Crippen LogP contribution in [0.2, 0.25) is 5.02 Å². The fourth-order valence-electron chi connectivity index (χ4n) is 4.45. The van der Waals surface area contributed by atoms with Crippen LogP contribution in [0.3, 0.4) is 0 Å². The predicted octanol–water partition coefficient (Wildman–Crippen LogP) is 7.96. The van der Waals surface area contributed by atoms with Gasteiger partial charge in [0.05, 0.1) is 0 Å². The average molecular weight is 363 g/mol. The van der Waals surface area contributed by atoms with Crippen molar-refractivity contribution in [2.24, 2.45) is 0 Å². The van der Waals surface area contributed by atoms with Crippen molar-refractivity contribution in [3.8, 4) is 33.4 Å². The fourth-order valence-corrected chi connectivity index (χ4v) is 4.62. The highest BCUT2D eigenvalue weighted by atomic mass is 35.5. The van der Waals surface area contributed by atoms with Gasteiger partial charge < -0.3 is 0 Å². The maximum atomic E-state index is 6.39. The van der Waals surface area contributed by atoms with Gasteiger partial charge in [0.1, 0.15) is 0 Å². The van der Waals surface area contributed by atoms with Crippen molar-refractivity contribution in [2.45, 2.75) is 0 Å². The second-order valence-corrected chi connectivity index (χ2v) is 7.55. The molecule has 0 bridgehead atoms. The zero-order valence-electron chi connectivity index (χ0n) is 14.5. The van der Waals surface area contributed by atoms with E-state index in [-0.39, 0.29) is 0 Å². The molecule has 0 radical (unpaired) electrons. The summed E-state index contributed by atoms with van der Waals surface area (Å²) in [4.78, 5) is 0. The Bertz CT molecular complexity index is 1360. The van der Waals surface area contributed by atoms with Crippen LogP contribution in [0.5, 0.6) is 0 Å². The summed E-state index contributed by atoms with van der Waals surface area (Å²) in [5, 5.41) is 5.82. The van der Waals surface area contributed by atoms with Gasteiger partial charge in [-0.2, -0.15) is 0 Å². The maximum Gasteiger partial charge on any atom is 0.0412 e. The molecule has 0 N–H and O–H groups in total. The molecular formula is C26H15Cl. The van der Waals surface area contributed by atoms with E-state index in [1.165, 1.54) is 54.9 Å². The van der Waals surface area contributed by atoms with Gasteiger partial charge in [-0.15, -0.1) is 0 Å². The van der Waals surface area contributed by atoms with Crippen molar-refractivity contribution >= 4 is 33.1 Å². The molecule has 0 atom stereocenters. The van der Waals surface area contributed by atoms with Crippen LogP contribution in [-0.2, 0) is 0 Å². The summed E-state index contributed by atoms with van der Waals surface area (Å²) in [7, 11) is 0. The van der Waals surface area contributed by atoms with E-state index in [1.807, 2.05) is 6.07 Å². The van der Waals surface area contributed by atoms with Crippen LogP contribution in [0.1, 0.15) is 0 Å². The molecule has 0 nitrogen and oxygen atoms in total. The summed E-state index contributed by atoms with van der Waals surface area (Å²) < 4.78 is 0. The minimum absolute atomic E-state index is 0.779. The molecule has 0 saturated heterocycles. The van der Waals surface area contributed by atoms with Gasteiger partial charge in [0.15, 0.2) is 0 Å². The predicted molar refractivity (Wildman–Crippen MR) is 116 cm³/mol. The van der Waals surface area contributed by atoms with E-state index in [1.54, 1.807) is 0 Å². The summed E-state index contributed by atoms with van der Waals surface area (Å²) in [6, 6.07) is 32.4. The topological polar surface area (TPSA) is 0 Å². The Hall–Kier alpha value is -3.09. The van der Waals surface area contributed by atoms with Gasteiger partial charge in [0.2, 0.25) is 0 Å². The third-order valence-corrected chi connectivity index (χ3v) is 5.89. The Morgan fingerprint density at radius 1 is 0.519 bits per heavy atom. The minimum Gasteiger partial charge on any atom is -0.0843 e. The molecule has 126 valence electrons. The molecule has 6 rings (SSSR count). The molecule has 0 spiro atoms. The van der Waals surface area contributed by atoms with E-state index in [0.29, 0.717) is 0 Å². The lowest BCUT2D eigenvalue weighted by molar-refractivity contribution is 1.55. The first kappa shape index (κ1) is 15.0. The standard InChI is InChI=1S/C26H15Cl/c27-18-11-10-17-14-23(16-6-2-1-3-7-16)22-13-12-21-19-8-4-5-9-20(19)25(21)26(22)24(17)15-18/h1-15H. The number of hydrogen-bond acceptors (Lipinski definition) is 0. The molecule has 27 heavy (non-hydrogen) atoms. The lowest BCUT2D eigenvalue weighted by Gasteiger charge is -2.27. The molecular weight excluding hydrogens is 348 g/mol.